The van der Waals surface area contributed by atoms with Crippen molar-refractivity contribution in [2.45, 2.75) is 114 Å². The van der Waals surface area contributed by atoms with Crippen molar-refractivity contribution in [2.24, 2.45) is 0 Å². The molecule has 14 heteroatoms. The number of hydrogen-bond acceptors (Lipinski definition) is 10. The van der Waals surface area contributed by atoms with E-state index in [4.69, 9.17) is 24.7 Å². The van der Waals surface area contributed by atoms with Gasteiger partial charge >= 0.3 is 6.09 Å². The van der Waals surface area contributed by atoms with E-state index in [0.717, 1.165) is 23.5 Å². The Balaban J connectivity index is 1.40. The number of halogens is 2. The molecule has 2 saturated carbocycles. The minimum atomic E-state index is -1.26. The van der Waals surface area contributed by atoms with Crippen LogP contribution in [-0.2, 0) is 18.9 Å². The molecule has 1 aromatic heterocycles. The van der Waals surface area contributed by atoms with Gasteiger partial charge in [0.2, 0.25) is 0 Å². The largest absolute Gasteiger partial charge is 0.465 e. The second-order valence-corrected chi connectivity index (χ2v) is 14.2. The SMILES string of the molecule is CCCSc1nc(N[C@@H]2C[C@H](OCCOC(C)(C)C)[C@H]3OC(C)(C)O[C@H]32)c(N)c(N(C(=O)O)[C@@H]2C[C@H]2c2ccc(F)c(F)c2)n1. The van der Waals surface area contributed by atoms with Crippen LogP contribution in [0.3, 0.4) is 0 Å². The number of ether oxygens (including phenoxy) is 4. The van der Waals surface area contributed by atoms with Gasteiger partial charge < -0.3 is 35.1 Å². The molecule has 0 unspecified atom stereocenters. The van der Waals surface area contributed by atoms with Gasteiger partial charge in [-0.2, -0.15) is 0 Å². The summed E-state index contributed by atoms with van der Waals surface area (Å²) in [7, 11) is 0. The summed E-state index contributed by atoms with van der Waals surface area (Å²) in [5, 5.41) is 14.1. The highest BCUT2D eigenvalue weighted by molar-refractivity contribution is 7.99. The number of thioether (sulfide) groups is 1. The smallest absolute Gasteiger partial charge is 0.413 e. The lowest BCUT2D eigenvalue weighted by Gasteiger charge is -2.26. The van der Waals surface area contributed by atoms with Crippen molar-refractivity contribution in [3.05, 3.63) is 35.4 Å². The number of carbonyl (C=O) groups is 1. The number of hydrogen-bond donors (Lipinski definition) is 3. The van der Waals surface area contributed by atoms with Gasteiger partial charge in [0.05, 0.1) is 31.0 Å². The summed E-state index contributed by atoms with van der Waals surface area (Å²) >= 11 is 1.39. The molecule has 6 atom stereocenters. The highest BCUT2D eigenvalue weighted by Crippen LogP contribution is 2.48. The van der Waals surface area contributed by atoms with E-state index in [1.807, 2.05) is 41.5 Å². The van der Waals surface area contributed by atoms with Gasteiger partial charge in [0.1, 0.15) is 17.9 Å². The quantitative estimate of drug-likeness (QED) is 0.146. The van der Waals surface area contributed by atoms with Crippen LogP contribution in [0.4, 0.5) is 30.9 Å². The lowest BCUT2D eigenvalue weighted by molar-refractivity contribution is -0.169. The van der Waals surface area contributed by atoms with Gasteiger partial charge in [-0.25, -0.2) is 23.5 Å². The predicted octanol–water partition coefficient (Wildman–Crippen LogP) is 5.78. The summed E-state index contributed by atoms with van der Waals surface area (Å²) in [6, 6.07) is 2.75. The number of fused-ring (bicyclic) bond motifs is 1. The Labute approximate surface area is 266 Å². The minimum absolute atomic E-state index is 0.0410. The van der Waals surface area contributed by atoms with E-state index >= 15 is 0 Å². The molecular formula is C31H43F2N5O6S. The van der Waals surface area contributed by atoms with Crippen LogP contribution in [0.1, 0.15) is 72.3 Å². The number of nitrogens with two attached hydrogens (primary N) is 1. The lowest BCUT2D eigenvalue weighted by Crippen LogP contribution is -2.36. The summed E-state index contributed by atoms with van der Waals surface area (Å²) in [4.78, 5) is 23.0. The van der Waals surface area contributed by atoms with E-state index in [1.165, 1.54) is 17.8 Å². The first-order valence-electron chi connectivity index (χ1n) is 15.3. The van der Waals surface area contributed by atoms with Crippen molar-refractivity contribution < 1.29 is 37.6 Å². The maximum Gasteiger partial charge on any atom is 0.413 e. The van der Waals surface area contributed by atoms with Crippen LogP contribution in [-0.4, -0.2) is 81.9 Å². The van der Waals surface area contributed by atoms with Crippen LogP contribution in [0.15, 0.2) is 23.4 Å². The molecule has 1 aromatic carbocycles. The Kier molecular flexibility index (Phi) is 9.81. The summed E-state index contributed by atoms with van der Waals surface area (Å²) in [5.41, 5.74) is 6.91. The molecule has 3 aliphatic rings. The van der Waals surface area contributed by atoms with Gasteiger partial charge in [-0.3, -0.25) is 4.90 Å². The number of anilines is 3. The molecular weight excluding hydrogens is 608 g/mol. The van der Waals surface area contributed by atoms with Crippen molar-refractivity contribution in [3.8, 4) is 0 Å². The average molecular weight is 652 g/mol. The Morgan fingerprint density at radius 3 is 2.58 bits per heavy atom. The van der Waals surface area contributed by atoms with Crippen molar-refractivity contribution in [3.63, 3.8) is 0 Å². The summed E-state index contributed by atoms with van der Waals surface area (Å²) in [5.74, 6) is -2.07. The van der Waals surface area contributed by atoms with Gasteiger partial charge in [0.25, 0.3) is 0 Å². The van der Waals surface area contributed by atoms with E-state index in [1.54, 1.807) is 0 Å². The van der Waals surface area contributed by atoms with Crippen molar-refractivity contribution in [1.82, 2.24) is 9.97 Å². The monoisotopic (exact) mass is 651 g/mol. The molecule has 3 fully saturated rings. The number of benzene rings is 1. The Hall–Kier alpha value is -2.78. The van der Waals surface area contributed by atoms with Crippen LogP contribution < -0.4 is 16.0 Å². The molecule has 2 aliphatic carbocycles. The zero-order valence-corrected chi connectivity index (χ0v) is 27.3. The Bertz CT molecular complexity index is 1390. The number of carboxylic acid groups (broad SMARTS) is 1. The van der Waals surface area contributed by atoms with Crippen LogP contribution in [0, 0.1) is 11.6 Å². The van der Waals surface area contributed by atoms with Crippen LogP contribution in [0.25, 0.3) is 0 Å². The second-order valence-electron chi connectivity index (χ2n) is 13.1. The van der Waals surface area contributed by atoms with E-state index in [2.05, 4.69) is 15.3 Å². The maximum absolute atomic E-state index is 14.0. The normalized spacial score (nSPS) is 26.9. The van der Waals surface area contributed by atoms with E-state index in [9.17, 15) is 18.7 Å². The average Bonchev–Trinajstić information content (AvgIpc) is 3.57. The number of nitrogens with zero attached hydrogens (tertiary/aromatic N) is 3. The number of nitrogens with one attached hydrogen (secondary N) is 1. The minimum Gasteiger partial charge on any atom is -0.465 e. The molecule has 11 nitrogen and oxygen atoms in total. The molecule has 5 rings (SSSR count). The number of rotatable bonds is 12. The van der Waals surface area contributed by atoms with Gasteiger partial charge in [-0.05, 0) is 71.6 Å². The first-order chi connectivity index (χ1) is 21.2. The highest BCUT2D eigenvalue weighted by atomic mass is 32.2. The van der Waals surface area contributed by atoms with E-state index < -0.39 is 29.6 Å². The topological polar surface area (TPSA) is 141 Å². The van der Waals surface area contributed by atoms with Crippen molar-refractivity contribution in [1.29, 1.82) is 0 Å². The molecule has 0 radical (unpaired) electrons. The maximum atomic E-state index is 14.0. The van der Waals surface area contributed by atoms with Crippen molar-refractivity contribution >= 4 is 35.2 Å². The standard InChI is InChI=1S/C31H43F2N5O6S/c1-7-12-45-28-36-26(35-20-15-22(41-10-11-42-30(2,3)4)25-24(20)43-31(5,6)44-25)23(34)27(37-28)38(29(39)40)21-14-17(21)16-8-9-18(32)19(33)13-16/h8-9,13,17,20-22,24-25H,7,10-12,14-15,34H2,1-6H3,(H,39,40)(H,35,36,37)/t17-,20+,21+,22-,24-,25+/m0/s1. The fourth-order valence-electron chi connectivity index (χ4n) is 5.91. The number of nitrogen functional groups attached to an aromatic ring is 1. The highest BCUT2D eigenvalue weighted by Gasteiger charge is 2.55. The molecule has 0 bridgehead atoms. The summed E-state index contributed by atoms with van der Waals surface area (Å²) in [6.07, 6.45) is -0.476. The Morgan fingerprint density at radius 2 is 1.91 bits per heavy atom. The molecule has 248 valence electrons. The zero-order chi connectivity index (χ0) is 32.7. The zero-order valence-electron chi connectivity index (χ0n) is 26.5. The first kappa shape index (κ1) is 33.6. The molecule has 1 amide bonds. The fraction of sp³-hybridized carbons (Fsp3) is 0.645. The third-order valence-corrected chi connectivity index (χ3v) is 8.97. The third-order valence-electron chi connectivity index (χ3n) is 7.92. The number of amides is 1. The molecule has 0 spiro atoms. The molecule has 2 aromatic rings. The lowest BCUT2D eigenvalue weighted by atomic mass is 10.1. The van der Waals surface area contributed by atoms with Gasteiger partial charge in [0.15, 0.2) is 34.2 Å². The van der Waals surface area contributed by atoms with Crippen molar-refractivity contribution in [2.75, 3.05) is 34.9 Å². The van der Waals surface area contributed by atoms with Gasteiger partial charge in [-0.15, -0.1) is 0 Å². The Morgan fingerprint density at radius 1 is 1.18 bits per heavy atom. The molecule has 1 saturated heterocycles. The van der Waals surface area contributed by atoms with Gasteiger partial charge in [0, 0.05) is 17.7 Å². The first-order valence-corrected chi connectivity index (χ1v) is 16.3. The van der Waals surface area contributed by atoms with Crippen LogP contribution in [0.5, 0.6) is 0 Å². The molecule has 45 heavy (non-hydrogen) atoms. The number of aromatic nitrogens is 2. The van der Waals surface area contributed by atoms with Gasteiger partial charge in [-0.1, -0.05) is 24.8 Å². The fourth-order valence-corrected chi connectivity index (χ4v) is 6.60. The van der Waals surface area contributed by atoms with Crippen LogP contribution in [0.2, 0.25) is 0 Å². The summed E-state index contributed by atoms with van der Waals surface area (Å²) < 4.78 is 52.1. The van der Waals surface area contributed by atoms with E-state index in [0.29, 0.717) is 42.5 Å². The second kappa shape index (κ2) is 13.1. The summed E-state index contributed by atoms with van der Waals surface area (Å²) in [6.45, 7) is 12.5. The molecule has 2 heterocycles. The molecule has 4 N–H and O–H groups in total. The third kappa shape index (κ3) is 7.79. The van der Waals surface area contributed by atoms with E-state index in [-0.39, 0.29) is 53.2 Å². The predicted molar refractivity (Wildman–Crippen MR) is 167 cm³/mol. The van der Waals surface area contributed by atoms with Crippen LogP contribution >= 0.6 is 11.8 Å². The molecule has 1 aliphatic heterocycles.